The molecule has 0 spiro atoms. The SMILES string of the molecule is O=S(=O)(O)O.O=[NH+][O-].[KH]. The van der Waals surface area contributed by atoms with E-state index >= 15 is 0 Å². The quantitative estimate of drug-likeness (QED) is 0.160. The summed E-state index contributed by atoms with van der Waals surface area (Å²) in [5.74, 6) is 0. The Morgan fingerprint density at radius 2 is 1.33 bits per heavy atom. The summed E-state index contributed by atoms with van der Waals surface area (Å²) in [7, 11) is -4.67. The number of hydrogen-bond donors (Lipinski definition) is 3. The molecular weight excluding hydrogens is 181 g/mol. The van der Waals surface area contributed by atoms with Crippen LogP contribution in [0.4, 0.5) is 0 Å². The van der Waals surface area contributed by atoms with E-state index in [1.54, 1.807) is 0 Å². The van der Waals surface area contributed by atoms with Crippen molar-refractivity contribution < 1.29 is 22.9 Å². The monoisotopic (exact) mass is 185 g/mol. The first-order valence-corrected chi connectivity index (χ1v) is 2.50. The van der Waals surface area contributed by atoms with Crippen LogP contribution in [0.3, 0.4) is 0 Å². The van der Waals surface area contributed by atoms with Gasteiger partial charge in [0.1, 0.15) is 0 Å². The maximum absolute atomic E-state index is 8.74. The summed E-state index contributed by atoms with van der Waals surface area (Å²) in [6, 6.07) is 0. The Kier molecular flexibility index (Phi) is 16.3. The van der Waals surface area contributed by atoms with Gasteiger partial charge in [0.25, 0.3) is 0 Å². The first-order valence-electron chi connectivity index (χ1n) is 1.11. The van der Waals surface area contributed by atoms with Crippen LogP contribution in [0.5, 0.6) is 0 Å². The normalized spacial score (nSPS) is 7.78. The van der Waals surface area contributed by atoms with Crippen molar-refractivity contribution in [3.63, 3.8) is 0 Å². The molecule has 0 amide bonds. The van der Waals surface area contributed by atoms with Gasteiger partial charge >= 0.3 is 61.8 Å². The van der Waals surface area contributed by atoms with E-state index in [9.17, 15) is 0 Å². The van der Waals surface area contributed by atoms with Gasteiger partial charge in [0.05, 0.1) is 0 Å². The van der Waals surface area contributed by atoms with Crippen LogP contribution in [0.15, 0.2) is 0 Å². The van der Waals surface area contributed by atoms with Gasteiger partial charge in [0, 0.05) is 5.34 Å². The molecule has 0 aliphatic rings. The van der Waals surface area contributed by atoms with E-state index < -0.39 is 10.4 Å². The molecular formula is H4KNO6S. The first-order chi connectivity index (χ1) is 3.41. The molecule has 0 aromatic rings. The molecule has 7 nitrogen and oxygen atoms in total. The zero-order chi connectivity index (χ0) is 7.21. The van der Waals surface area contributed by atoms with Gasteiger partial charge in [-0.25, -0.2) is 0 Å². The Hall–Kier alpha value is 0.906. The fourth-order valence-electron chi connectivity index (χ4n) is 0. The van der Waals surface area contributed by atoms with Crippen LogP contribution in [0.25, 0.3) is 0 Å². The molecule has 0 aliphatic carbocycles. The van der Waals surface area contributed by atoms with Crippen LogP contribution in [0.2, 0.25) is 0 Å². The van der Waals surface area contributed by atoms with Crippen molar-refractivity contribution in [2.24, 2.45) is 0 Å². The molecule has 9 heteroatoms. The second kappa shape index (κ2) is 8.91. The second-order valence-corrected chi connectivity index (χ2v) is 1.43. The number of rotatable bonds is 0. The van der Waals surface area contributed by atoms with E-state index in [0.29, 0.717) is 0 Å². The average molecular weight is 185 g/mol. The molecule has 9 heavy (non-hydrogen) atoms. The van der Waals surface area contributed by atoms with Crippen LogP contribution in [-0.4, -0.2) is 68.9 Å². The molecule has 0 aromatic heterocycles. The Morgan fingerprint density at radius 3 is 1.33 bits per heavy atom. The Balaban J connectivity index is -0.0000000800. The summed E-state index contributed by atoms with van der Waals surface area (Å²) in [6.07, 6.45) is 0. The minimum absolute atomic E-state index is 0. The van der Waals surface area contributed by atoms with Crippen molar-refractivity contribution in [1.82, 2.24) is 0 Å². The topological polar surface area (TPSA) is 129 Å². The molecule has 0 rings (SSSR count). The first kappa shape index (κ1) is 16.5. The molecule has 0 bridgehead atoms. The summed E-state index contributed by atoms with van der Waals surface area (Å²) in [5, 5.41) is 8.38. The van der Waals surface area contributed by atoms with E-state index in [1.165, 1.54) is 0 Å². The molecule has 0 radical (unpaired) electrons. The van der Waals surface area contributed by atoms with Gasteiger partial charge in [0.2, 0.25) is 0 Å². The maximum atomic E-state index is 8.74. The van der Waals surface area contributed by atoms with Crippen LogP contribution in [0, 0.1) is 10.1 Å². The van der Waals surface area contributed by atoms with Crippen molar-refractivity contribution in [3.8, 4) is 0 Å². The third-order valence-corrected chi connectivity index (χ3v) is 0. The molecule has 0 heterocycles. The van der Waals surface area contributed by atoms with E-state index in [4.69, 9.17) is 27.6 Å². The molecule has 3 N–H and O–H groups in total. The zero-order valence-corrected chi connectivity index (χ0v) is 4.25. The van der Waals surface area contributed by atoms with Gasteiger partial charge in [-0.15, -0.1) is 0 Å². The molecule has 0 atom stereocenters. The molecule has 52 valence electrons. The minimum atomic E-state index is -4.67. The van der Waals surface area contributed by atoms with Crippen LogP contribution < -0.4 is 5.34 Å². The van der Waals surface area contributed by atoms with Crippen molar-refractivity contribution >= 4 is 61.8 Å². The Morgan fingerprint density at radius 1 is 1.33 bits per heavy atom. The van der Waals surface area contributed by atoms with Crippen molar-refractivity contribution in [2.45, 2.75) is 0 Å². The molecule has 0 aromatic carbocycles. The van der Waals surface area contributed by atoms with Gasteiger partial charge in [-0.05, 0) is 0 Å². The summed E-state index contributed by atoms with van der Waals surface area (Å²) in [4.78, 5) is 8.12. The van der Waals surface area contributed by atoms with Gasteiger partial charge in [-0.2, -0.15) is 8.42 Å². The fourth-order valence-corrected chi connectivity index (χ4v) is 0. The van der Waals surface area contributed by atoms with E-state index in [2.05, 4.69) is 0 Å². The standard InChI is InChI=1S/K.HNO2.H2O4S.H/c;2-1-3;1-5(2,3)4;/h;1H;(H2,1,2,3,4);. The van der Waals surface area contributed by atoms with Gasteiger partial charge in [0.15, 0.2) is 0 Å². The van der Waals surface area contributed by atoms with Gasteiger partial charge in [-0.3, -0.25) is 19.2 Å². The van der Waals surface area contributed by atoms with E-state index in [0.717, 1.165) is 0 Å². The fraction of sp³-hybridized carbons (Fsp3) is 0. The molecule has 0 fully saturated rings. The van der Waals surface area contributed by atoms with E-state index in [1.807, 2.05) is 0 Å². The van der Waals surface area contributed by atoms with E-state index in [-0.39, 0.29) is 56.7 Å². The molecule has 0 saturated carbocycles. The van der Waals surface area contributed by atoms with Crippen molar-refractivity contribution in [2.75, 3.05) is 0 Å². The summed E-state index contributed by atoms with van der Waals surface area (Å²) < 4.78 is 31.6. The summed E-state index contributed by atoms with van der Waals surface area (Å²) in [5.41, 5.74) is 0. The van der Waals surface area contributed by atoms with Crippen LogP contribution in [0.1, 0.15) is 0 Å². The van der Waals surface area contributed by atoms with Gasteiger partial charge < -0.3 is 0 Å². The summed E-state index contributed by atoms with van der Waals surface area (Å²) >= 11 is 0. The molecule has 0 unspecified atom stereocenters. The average Bonchev–Trinajstić information content (AvgIpc) is 1.27. The van der Waals surface area contributed by atoms with Gasteiger partial charge in [-0.1, -0.05) is 0 Å². The summed E-state index contributed by atoms with van der Waals surface area (Å²) in [6.45, 7) is 0. The van der Waals surface area contributed by atoms with Crippen molar-refractivity contribution in [1.29, 1.82) is 0 Å². The third-order valence-electron chi connectivity index (χ3n) is 0. The predicted octanol–water partition coefficient (Wildman–Crippen LogP) is -2.97. The Bertz CT molecular complexity index is 127. The molecule has 0 saturated heterocycles. The zero-order valence-electron chi connectivity index (χ0n) is 3.44. The number of nitrogens with one attached hydrogen (secondary N) is 1. The second-order valence-electron chi connectivity index (χ2n) is 0.531. The Labute approximate surface area is 93.4 Å². The molecule has 0 aliphatic heterocycles. The number of hydrogen-bond acceptors (Lipinski definition) is 4. The van der Waals surface area contributed by atoms with Crippen molar-refractivity contribution in [3.05, 3.63) is 10.1 Å². The van der Waals surface area contributed by atoms with Crippen LogP contribution in [-0.2, 0) is 10.4 Å². The predicted molar refractivity (Wildman–Crippen MR) is 29.0 cm³/mol. The third kappa shape index (κ3) is 517. The van der Waals surface area contributed by atoms with Crippen LogP contribution >= 0.6 is 0 Å².